The van der Waals surface area contributed by atoms with Crippen molar-refractivity contribution >= 4 is 5.78 Å². The Morgan fingerprint density at radius 3 is 2.15 bits per heavy atom. The number of phenolic OH excluding ortho intramolecular Hbond substituents is 1. The van der Waals surface area contributed by atoms with Gasteiger partial charge in [-0.15, -0.1) is 0 Å². The second-order valence-electron chi connectivity index (χ2n) is 6.08. The Balaban J connectivity index is 0.000000432. The van der Waals surface area contributed by atoms with E-state index in [1.54, 1.807) is 6.07 Å². The van der Waals surface area contributed by atoms with E-state index in [2.05, 4.69) is 4.90 Å². The molecule has 0 spiro atoms. The Bertz CT molecular complexity index is 453. The van der Waals surface area contributed by atoms with Gasteiger partial charge in [0, 0.05) is 18.4 Å². The van der Waals surface area contributed by atoms with Gasteiger partial charge >= 0.3 is 0 Å². The number of carbonyl (C=O) groups is 1. The second-order valence-corrected chi connectivity index (χ2v) is 6.08. The molecule has 0 atom stereocenters. The summed E-state index contributed by atoms with van der Waals surface area (Å²) in [4.78, 5) is 13.6. The minimum Gasteiger partial charge on any atom is -0.508 e. The highest BCUT2D eigenvalue weighted by molar-refractivity contribution is 5.79. The molecule has 2 aliphatic carbocycles. The number of hydrogen-bond donors (Lipinski definition) is 1. The zero-order valence-electron chi connectivity index (χ0n) is 12.6. The van der Waals surface area contributed by atoms with Crippen LogP contribution in [0.4, 0.5) is 0 Å². The lowest BCUT2D eigenvalue weighted by Gasteiger charge is -2.43. The van der Waals surface area contributed by atoms with Gasteiger partial charge in [0.2, 0.25) is 0 Å². The van der Waals surface area contributed by atoms with Crippen molar-refractivity contribution in [3.05, 3.63) is 29.8 Å². The summed E-state index contributed by atoms with van der Waals surface area (Å²) in [6.07, 6.45) is 7.44. The zero-order chi connectivity index (χ0) is 14.6. The van der Waals surface area contributed by atoms with Gasteiger partial charge in [0.25, 0.3) is 0 Å². The summed E-state index contributed by atoms with van der Waals surface area (Å²) in [5, 5.41) is 9.61. The van der Waals surface area contributed by atoms with Crippen LogP contribution in [-0.2, 0) is 10.3 Å². The van der Waals surface area contributed by atoms with E-state index >= 15 is 0 Å². The monoisotopic (exact) mass is 275 g/mol. The second kappa shape index (κ2) is 6.40. The number of ketones is 1. The lowest BCUT2D eigenvalue weighted by molar-refractivity contribution is -0.122. The average molecular weight is 275 g/mol. The minimum absolute atomic E-state index is 0.105. The fourth-order valence-electron chi connectivity index (χ4n) is 2.73. The molecule has 0 bridgehead atoms. The number of carbonyl (C=O) groups excluding carboxylic acids is 1. The van der Waals surface area contributed by atoms with Crippen molar-refractivity contribution in [1.82, 2.24) is 4.90 Å². The molecule has 110 valence electrons. The number of benzene rings is 1. The molecular weight excluding hydrogens is 250 g/mol. The van der Waals surface area contributed by atoms with Crippen LogP contribution in [0.2, 0.25) is 0 Å². The summed E-state index contributed by atoms with van der Waals surface area (Å²) in [5.74, 6) is 0.642. The van der Waals surface area contributed by atoms with Crippen LogP contribution in [0, 0.1) is 0 Å². The van der Waals surface area contributed by atoms with Crippen molar-refractivity contribution in [3.63, 3.8) is 0 Å². The third kappa shape index (κ3) is 3.60. The topological polar surface area (TPSA) is 40.5 Å². The fourth-order valence-corrected chi connectivity index (χ4v) is 2.73. The van der Waals surface area contributed by atoms with Crippen LogP contribution in [-0.4, -0.2) is 29.9 Å². The number of Topliss-reactive ketones (excluding diaryl/α,β-unsaturated/α-hetero) is 1. The summed E-state index contributed by atoms with van der Waals surface area (Å²) in [5.41, 5.74) is 1.00. The number of rotatable bonds is 2. The molecule has 0 heterocycles. The molecule has 0 aromatic heterocycles. The lowest BCUT2D eigenvalue weighted by atomic mass is 9.75. The molecule has 3 nitrogen and oxygen atoms in total. The predicted molar refractivity (Wildman–Crippen MR) is 80.8 cm³/mol. The van der Waals surface area contributed by atoms with Crippen molar-refractivity contribution < 1.29 is 9.90 Å². The lowest BCUT2D eigenvalue weighted by Crippen LogP contribution is -2.44. The highest BCUT2D eigenvalue weighted by Crippen LogP contribution is 2.40. The van der Waals surface area contributed by atoms with Crippen LogP contribution in [0.15, 0.2) is 24.3 Å². The third-order valence-electron chi connectivity index (χ3n) is 4.23. The van der Waals surface area contributed by atoms with Gasteiger partial charge in [0.05, 0.1) is 0 Å². The van der Waals surface area contributed by atoms with Gasteiger partial charge in [-0.25, -0.2) is 0 Å². The highest BCUT2D eigenvalue weighted by atomic mass is 16.3. The first kappa shape index (κ1) is 15.0. The number of phenols is 1. The Hall–Kier alpha value is -1.35. The summed E-state index contributed by atoms with van der Waals surface area (Å²) in [7, 11) is 4.08. The Morgan fingerprint density at radius 1 is 1.10 bits per heavy atom. The molecule has 2 fully saturated rings. The largest absolute Gasteiger partial charge is 0.508 e. The number of aromatic hydroxyl groups is 1. The minimum atomic E-state index is -0.105. The first-order chi connectivity index (χ1) is 9.54. The molecule has 0 amide bonds. The van der Waals surface area contributed by atoms with Crippen molar-refractivity contribution in [2.45, 2.75) is 50.5 Å². The van der Waals surface area contributed by atoms with Gasteiger partial charge < -0.3 is 5.11 Å². The molecule has 2 saturated carbocycles. The molecule has 2 aliphatic rings. The van der Waals surface area contributed by atoms with Gasteiger partial charge in [-0.2, -0.15) is 0 Å². The average Bonchev–Trinajstić information content (AvgIpc) is 3.27. The maximum atomic E-state index is 11.4. The quantitative estimate of drug-likeness (QED) is 0.898. The van der Waals surface area contributed by atoms with Gasteiger partial charge in [-0.3, -0.25) is 9.69 Å². The molecule has 0 aliphatic heterocycles. The zero-order valence-corrected chi connectivity index (χ0v) is 12.6. The molecule has 1 aromatic rings. The summed E-state index contributed by atoms with van der Waals surface area (Å²) in [6.45, 7) is 0. The third-order valence-corrected chi connectivity index (χ3v) is 4.23. The predicted octanol–water partition coefficient (Wildman–Crippen LogP) is 3.46. The fraction of sp³-hybridized carbons (Fsp3) is 0.588. The summed E-state index contributed by atoms with van der Waals surface area (Å²) < 4.78 is 0. The van der Waals surface area contributed by atoms with Crippen LogP contribution >= 0.6 is 0 Å². The van der Waals surface area contributed by atoms with E-state index < -0.39 is 0 Å². The normalized spacial score (nSPS) is 20.2. The van der Waals surface area contributed by atoms with Crippen LogP contribution in [0.3, 0.4) is 0 Å². The smallest absolute Gasteiger partial charge is 0.133 e. The Morgan fingerprint density at radius 2 is 1.70 bits per heavy atom. The SMILES string of the molecule is C1CC1.CN(C)C1(c2cccc(O)c2)CCC(=O)CC1. The van der Waals surface area contributed by atoms with Crippen LogP contribution in [0.5, 0.6) is 5.75 Å². The number of hydrogen-bond acceptors (Lipinski definition) is 3. The van der Waals surface area contributed by atoms with E-state index in [0.29, 0.717) is 24.4 Å². The van der Waals surface area contributed by atoms with Gasteiger partial charge in [-0.1, -0.05) is 31.4 Å². The first-order valence-corrected chi connectivity index (χ1v) is 7.53. The van der Waals surface area contributed by atoms with E-state index in [9.17, 15) is 9.90 Å². The molecule has 0 unspecified atom stereocenters. The highest BCUT2D eigenvalue weighted by Gasteiger charge is 2.38. The van der Waals surface area contributed by atoms with E-state index in [1.807, 2.05) is 32.3 Å². The molecule has 1 N–H and O–H groups in total. The molecule has 3 heteroatoms. The van der Waals surface area contributed by atoms with Crippen molar-refractivity contribution in [1.29, 1.82) is 0 Å². The van der Waals surface area contributed by atoms with Crippen molar-refractivity contribution in [3.8, 4) is 5.75 Å². The first-order valence-electron chi connectivity index (χ1n) is 7.53. The van der Waals surface area contributed by atoms with E-state index in [-0.39, 0.29) is 5.54 Å². The van der Waals surface area contributed by atoms with Gasteiger partial charge in [0.1, 0.15) is 11.5 Å². The summed E-state index contributed by atoms with van der Waals surface area (Å²) in [6, 6.07) is 7.40. The molecule has 3 rings (SSSR count). The molecule has 0 radical (unpaired) electrons. The molecule has 0 saturated heterocycles. The Kier molecular flexibility index (Phi) is 4.81. The maximum absolute atomic E-state index is 11.4. The molecule has 1 aromatic carbocycles. The van der Waals surface area contributed by atoms with Crippen molar-refractivity contribution in [2.75, 3.05) is 14.1 Å². The molecular formula is C17H25NO2. The maximum Gasteiger partial charge on any atom is 0.133 e. The standard InChI is InChI=1S/C14H19NO2.C3H6/c1-15(2)14(8-6-12(16)7-9-14)11-4-3-5-13(17)10-11;1-2-3-1/h3-5,10,17H,6-9H2,1-2H3;1-3H2. The van der Waals surface area contributed by atoms with Crippen LogP contribution in [0.1, 0.15) is 50.5 Å². The van der Waals surface area contributed by atoms with Gasteiger partial charge in [0.15, 0.2) is 0 Å². The van der Waals surface area contributed by atoms with Gasteiger partial charge in [-0.05, 0) is 44.6 Å². The van der Waals surface area contributed by atoms with Crippen LogP contribution in [0.25, 0.3) is 0 Å². The van der Waals surface area contributed by atoms with E-state index in [4.69, 9.17) is 0 Å². The van der Waals surface area contributed by atoms with E-state index in [0.717, 1.165) is 18.4 Å². The van der Waals surface area contributed by atoms with Crippen LogP contribution < -0.4 is 0 Å². The molecule has 20 heavy (non-hydrogen) atoms. The van der Waals surface area contributed by atoms with Crippen molar-refractivity contribution in [2.24, 2.45) is 0 Å². The Labute approximate surface area is 121 Å². The number of nitrogens with zero attached hydrogens (tertiary/aromatic N) is 1. The summed E-state index contributed by atoms with van der Waals surface area (Å²) >= 11 is 0. The van der Waals surface area contributed by atoms with E-state index in [1.165, 1.54) is 19.3 Å².